The maximum Gasteiger partial charge on any atom is 0.244 e. The van der Waals surface area contributed by atoms with E-state index in [1.165, 1.54) is 25.2 Å². The average Bonchev–Trinajstić information content (AvgIpc) is 2.97. The summed E-state index contributed by atoms with van der Waals surface area (Å²) in [6.45, 7) is 2.05. The Morgan fingerprint density at radius 3 is 2.29 bits per heavy atom. The van der Waals surface area contributed by atoms with Gasteiger partial charge in [0.2, 0.25) is 21.8 Å². The second kappa shape index (κ2) is 15.6. The van der Waals surface area contributed by atoms with Gasteiger partial charge in [0, 0.05) is 30.0 Å². The van der Waals surface area contributed by atoms with Crippen molar-refractivity contribution in [3.63, 3.8) is 0 Å². The minimum absolute atomic E-state index is 0.0916. The van der Waals surface area contributed by atoms with Crippen LogP contribution in [0.2, 0.25) is 0 Å². The molecule has 9 nitrogen and oxygen atoms in total. The molecule has 0 radical (unpaired) electrons. The molecular weight excluding hydrogens is 622 g/mol. The summed E-state index contributed by atoms with van der Waals surface area (Å²) in [6.07, 6.45) is 2.98. The molecule has 3 rings (SSSR count). The fourth-order valence-electron chi connectivity index (χ4n) is 4.48. The highest BCUT2D eigenvalue weighted by atomic mass is 79.9. The van der Waals surface area contributed by atoms with Gasteiger partial charge >= 0.3 is 0 Å². The van der Waals surface area contributed by atoms with Crippen molar-refractivity contribution in [3.05, 3.63) is 88.4 Å². The Kier molecular flexibility index (Phi) is 12.2. The van der Waals surface area contributed by atoms with Crippen LogP contribution in [0.4, 0.5) is 5.69 Å². The third kappa shape index (κ3) is 9.22. The summed E-state index contributed by atoms with van der Waals surface area (Å²) in [7, 11) is -1.04. The Balaban J connectivity index is 2.07. The second-order valence-electron chi connectivity index (χ2n) is 9.81. The minimum atomic E-state index is -3.94. The quantitative estimate of drug-likeness (QED) is 0.235. The third-order valence-electron chi connectivity index (χ3n) is 6.68. The monoisotopic (exact) mass is 659 g/mol. The largest absolute Gasteiger partial charge is 0.497 e. The van der Waals surface area contributed by atoms with Crippen LogP contribution in [-0.4, -0.2) is 64.7 Å². The molecule has 2 amide bonds. The highest BCUT2D eigenvalue weighted by Crippen LogP contribution is 2.34. The SMILES string of the molecule is CCCCNC(=O)[C@@H](Cc1ccccc1)N(Cc1cccc(Br)c1)C(=O)CN(c1ccc(OC)cc1OC)S(C)(=O)=O. The van der Waals surface area contributed by atoms with E-state index in [9.17, 15) is 18.0 Å². The van der Waals surface area contributed by atoms with Crippen molar-refractivity contribution >= 4 is 43.5 Å². The van der Waals surface area contributed by atoms with E-state index in [4.69, 9.17) is 9.47 Å². The number of hydrogen-bond acceptors (Lipinski definition) is 6. The molecule has 3 aromatic rings. The van der Waals surface area contributed by atoms with Crippen LogP contribution >= 0.6 is 15.9 Å². The molecule has 0 fully saturated rings. The Hall–Kier alpha value is -3.57. The summed E-state index contributed by atoms with van der Waals surface area (Å²) in [6, 6.07) is 20.7. The van der Waals surface area contributed by atoms with Crippen LogP contribution in [0.25, 0.3) is 0 Å². The first kappa shape index (κ1) is 32.9. The third-order valence-corrected chi connectivity index (χ3v) is 8.30. The van der Waals surface area contributed by atoms with Gasteiger partial charge in [0.05, 0.1) is 26.2 Å². The van der Waals surface area contributed by atoms with Gasteiger partial charge in [-0.1, -0.05) is 71.7 Å². The number of benzene rings is 3. The van der Waals surface area contributed by atoms with E-state index >= 15 is 0 Å². The van der Waals surface area contributed by atoms with Crippen LogP contribution in [0.5, 0.6) is 11.5 Å². The van der Waals surface area contributed by atoms with Crippen molar-refractivity contribution in [2.75, 3.05) is 37.9 Å². The number of sulfonamides is 1. The molecule has 226 valence electrons. The van der Waals surface area contributed by atoms with Crippen molar-refractivity contribution in [3.8, 4) is 11.5 Å². The lowest BCUT2D eigenvalue weighted by atomic mass is 10.0. The molecule has 42 heavy (non-hydrogen) atoms. The van der Waals surface area contributed by atoms with Gasteiger partial charge in [-0.15, -0.1) is 0 Å². The lowest BCUT2D eigenvalue weighted by Crippen LogP contribution is -2.53. The normalized spacial score (nSPS) is 11.8. The molecule has 0 saturated carbocycles. The number of carbonyl (C=O) groups excluding carboxylic acids is 2. The number of nitrogens with zero attached hydrogens (tertiary/aromatic N) is 2. The van der Waals surface area contributed by atoms with Crippen LogP contribution in [0, 0.1) is 0 Å². The Labute approximate surface area is 257 Å². The van der Waals surface area contributed by atoms with E-state index in [-0.39, 0.29) is 30.3 Å². The number of halogens is 1. The predicted molar refractivity (Wildman–Crippen MR) is 168 cm³/mol. The first-order valence-corrected chi connectivity index (χ1v) is 16.3. The zero-order chi connectivity index (χ0) is 30.7. The Morgan fingerprint density at radius 1 is 0.952 bits per heavy atom. The average molecular weight is 661 g/mol. The number of unbranched alkanes of at least 4 members (excludes halogenated alkanes) is 1. The molecule has 11 heteroatoms. The summed E-state index contributed by atoms with van der Waals surface area (Å²) in [5, 5.41) is 2.97. The highest BCUT2D eigenvalue weighted by molar-refractivity contribution is 9.10. The van der Waals surface area contributed by atoms with Gasteiger partial charge in [-0.05, 0) is 41.8 Å². The molecule has 0 heterocycles. The summed E-state index contributed by atoms with van der Waals surface area (Å²) < 4.78 is 38.7. The number of amides is 2. The topological polar surface area (TPSA) is 105 Å². The zero-order valence-electron chi connectivity index (χ0n) is 24.4. The Morgan fingerprint density at radius 2 is 1.67 bits per heavy atom. The van der Waals surface area contributed by atoms with Crippen LogP contribution < -0.4 is 19.1 Å². The summed E-state index contributed by atoms with van der Waals surface area (Å²) in [5.74, 6) is -0.143. The van der Waals surface area contributed by atoms with E-state index < -0.39 is 28.5 Å². The summed E-state index contributed by atoms with van der Waals surface area (Å²) in [5.41, 5.74) is 1.84. The highest BCUT2D eigenvalue weighted by Gasteiger charge is 2.33. The predicted octanol–water partition coefficient (Wildman–Crippen LogP) is 4.79. The Bertz CT molecular complexity index is 1450. The number of nitrogens with one attached hydrogen (secondary N) is 1. The summed E-state index contributed by atoms with van der Waals surface area (Å²) in [4.78, 5) is 29.3. The molecule has 1 N–H and O–H groups in total. The van der Waals surface area contributed by atoms with Crippen LogP contribution in [-0.2, 0) is 32.6 Å². The van der Waals surface area contributed by atoms with Crippen LogP contribution in [0.15, 0.2) is 77.3 Å². The molecule has 0 aliphatic rings. The second-order valence-corrected chi connectivity index (χ2v) is 12.6. The lowest BCUT2D eigenvalue weighted by Gasteiger charge is -2.33. The zero-order valence-corrected chi connectivity index (χ0v) is 26.8. The number of carbonyl (C=O) groups is 2. The van der Waals surface area contributed by atoms with E-state index in [0.29, 0.717) is 12.3 Å². The smallest absolute Gasteiger partial charge is 0.244 e. The molecule has 1 atom stereocenters. The number of hydrogen-bond donors (Lipinski definition) is 1. The van der Waals surface area contributed by atoms with E-state index in [2.05, 4.69) is 21.2 Å². The van der Waals surface area contributed by atoms with Crippen molar-refractivity contribution in [2.45, 2.75) is 38.8 Å². The lowest BCUT2D eigenvalue weighted by molar-refractivity contribution is -0.140. The molecule has 0 unspecified atom stereocenters. The molecule has 3 aromatic carbocycles. The molecule has 0 bridgehead atoms. The fraction of sp³-hybridized carbons (Fsp3) is 0.355. The minimum Gasteiger partial charge on any atom is -0.497 e. The molecule has 0 saturated heterocycles. The van der Waals surface area contributed by atoms with Gasteiger partial charge in [-0.2, -0.15) is 0 Å². The number of anilines is 1. The summed E-state index contributed by atoms with van der Waals surface area (Å²) >= 11 is 3.48. The molecule has 0 aliphatic heterocycles. The van der Waals surface area contributed by atoms with Gasteiger partial charge in [-0.3, -0.25) is 13.9 Å². The first-order chi connectivity index (χ1) is 20.1. The molecule has 0 aliphatic carbocycles. The van der Waals surface area contributed by atoms with Crippen molar-refractivity contribution < 1.29 is 27.5 Å². The maximum atomic E-state index is 14.2. The van der Waals surface area contributed by atoms with Gasteiger partial charge in [0.15, 0.2) is 0 Å². The van der Waals surface area contributed by atoms with E-state index in [1.807, 2.05) is 61.5 Å². The molecular formula is C31H38BrN3O6S. The number of methoxy groups -OCH3 is 2. The first-order valence-electron chi connectivity index (χ1n) is 13.6. The van der Waals surface area contributed by atoms with Crippen molar-refractivity contribution in [2.24, 2.45) is 0 Å². The fourth-order valence-corrected chi connectivity index (χ4v) is 5.78. The van der Waals surface area contributed by atoms with Crippen LogP contribution in [0.3, 0.4) is 0 Å². The van der Waals surface area contributed by atoms with E-state index in [0.717, 1.165) is 39.0 Å². The molecule has 0 aromatic heterocycles. The van der Waals surface area contributed by atoms with Crippen molar-refractivity contribution in [1.29, 1.82) is 0 Å². The number of rotatable bonds is 15. The van der Waals surface area contributed by atoms with Gasteiger partial charge < -0.3 is 19.7 Å². The molecule has 0 spiro atoms. The van der Waals surface area contributed by atoms with Crippen molar-refractivity contribution in [1.82, 2.24) is 10.2 Å². The van der Waals surface area contributed by atoms with Gasteiger partial charge in [0.1, 0.15) is 24.1 Å². The van der Waals surface area contributed by atoms with Gasteiger partial charge in [-0.25, -0.2) is 8.42 Å². The number of ether oxygens (including phenoxy) is 2. The van der Waals surface area contributed by atoms with Crippen LogP contribution in [0.1, 0.15) is 30.9 Å². The van der Waals surface area contributed by atoms with Gasteiger partial charge in [0.25, 0.3) is 0 Å². The maximum absolute atomic E-state index is 14.2. The standard InChI is InChI=1S/C31H38BrN3O6S/c1-5-6-17-33-31(37)28(19-23-11-8-7-9-12-23)34(21-24-13-10-14-25(32)18-24)30(36)22-35(42(4,38)39)27-16-15-26(40-2)20-29(27)41-3/h7-16,18,20,28H,5-6,17,19,21-22H2,1-4H3,(H,33,37)/t28-/m1/s1. The van der Waals surface area contributed by atoms with E-state index in [1.54, 1.807) is 12.1 Å².